The molecule has 0 aliphatic carbocycles. The number of benzene rings is 3. The average molecular weight is 363 g/mol. The van der Waals surface area contributed by atoms with E-state index in [4.69, 9.17) is 4.74 Å². The van der Waals surface area contributed by atoms with Crippen molar-refractivity contribution in [1.29, 1.82) is 0 Å². The van der Waals surface area contributed by atoms with Crippen LogP contribution in [-0.4, -0.2) is 36.2 Å². The fourth-order valence-corrected chi connectivity index (χ4v) is 3.76. The van der Waals surface area contributed by atoms with Gasteiger partial charge >= 0.3 is 5.97 Å². The molecule has 1 aliphatic heterocycles. The van der Waals surface area contributed by atoms with E-state index in [1.165, 1.54) is 0 Å². The molecular weight excluding hydrogens is 342 g/mol. The molecule has 4 rings (SSSR count). The number of rotatable bonds is 5. The summed E-state index contributed by atoms with van der Waals surface area (Å²) < 4.78 is 5.25. The number of amides is 1. The summed E-state index contributed by atoms with van der Waals surface area (Å²) in [5.74, 6) is -1.54. The molecule has 5 nitrogen and oxygen atoms in total. The number of carboxylic acid groups (broad SMARTS) is 1. The number of ether oxygens (including phenoxy) is 1. The van der Waals surface area contributed by atoms with E-state index in [9.17, 15) is 14.7 Å². The maximum atomic E-state index is 12.4. The van der Waals surface area contributed by atoms with Gasteiger partial charge in [-0.2, -0.15) is 0 Å². The highest BCUT2D eigenvalue weighted by Crippen LogP contribution is 2.29. The van der Waals surface area contributed by atoms with Crippen molar-refractivity contribution in [2.45, 2.75) is 18.9 Å². The number of nitrogens with one attached hydrogen (secondary N) is 1. The summed E-state index contributed by atoms with van der Waals surface area (Å²) in [4.78, 5) is 24.3. The number of carboxylic acids is 1. The molecule has 27 heavy (non-hydrogen) atoms. The first kappa shape index (κ1) is 17.5. The van der Waals surface area contributed by atoms with Gasteiger partial charge in [0.1, 0.15) is 6.04 Å². The second kappa shape index (κ2) is 7.37. The zero-order valence-electron chi connectivity index (χ0n) is 14.9. The molecule has 1 fully saturated rings. The van der Waals surface area contributed by atoms with Gasteiger partial charge in [0.25, 0.3) is 0 Å². The number of hydrogen-bond acceptors (Lipinski definition) is 3. The summed E-state index contributed by atoms with van der Waals surface area (Å²) in [5, 5.41) is 16.6. The van der Waals surface area contributed by atoms with E-state index in [0.717, 1.165) is 27.1 Å². The molecule has 0 spiro atoms. The summed E-state index contributed by atoms with van der Waals surface area (Å²) in [6, 6.07) is 17.0. The van der Waals surface area contributed by atoms with E-state index < -0.39 is 12.0 Å². The normalized spacial score (nSPS) is 17.9. The lowest BCUT2D eigenvalue weighted by Gasteiger charge is -2.19. The Labute approximate surface area is 156 Å². The summed E-state index contributed by atoms with van der Waals surface area (Å²) in [6.07, 6.45) is 0.867. The van der Waals surface area contributed by atoms with Crippen LogP contribution in [0, 0.1) is 5.92 Å². The SMILES string of the molecule is O=C(N[C@H](Cc1c2ccccc2cc2ccccc12)C(=O)O)[C@@H]1CCOC1. The highest BCUT2D eigenvalue weighted by molar-refractivity contribution is 6.02. The van der Waals surface area contributed by atoms with Crippen LogP contribution in [0.1, 0.15) is 12.0 Å². The van der Waals surface area contributed by atoms with Gasteiger partial charge in [0, 0.05) is 13.0 Å². The Balaban J connectivity index is 1.72. The molecule has 1 heterocycles. The first-order valence-corrected chi connectivity index (χ1v) is 9.14. The second-order valence-electron chi connectivity index (χ2n) is 6.96. The highest BCUT2D eigenvalue weighted by Gasteiger charge is 2.28. The number of fused-ring (bicyclic) bond motifs is 2. The molecule has 0 aromatic heterocycles. The average Bonchev–Trinajstić information content (AvgIpc) is 3.21. The van der Waals surface area contributed by atoms with E-state index in [2.05, 4.69) is 11.4 Å². The zero-order valence-corrected chi connectivity index (χ0v) is 14.9. The van der Waals surface area contributed by atoms with Gasteiger partial charge in [-0.25, -0.2) is 4.79 Å². The van der Waals surface area contributed by atoms with Crippen molar-refractivity contribution in [3.05, 3.63) is 60.2 Å². The van der Waals surface area contributed by atoms with Gasteiger partial charge in [-0.3, -0.25) is 4.79 Å². The van der Waals surface area contributed by atoms with E-state index >= 15 is 0 Å². The van der Waals surface area contributed by atoms with Gasteiger partial charge in [-0.1, -0.05) is 48.5 Å². The van der Waals surface area contributed by atoms with Gasteiger partial charge in [0.15, 0.2) is 0 Å². The molecule has 0 bridgehead atoms. The molecule has 2 atom stereocenters. The van der Waals surface area contributed by atoms with Crippen LogP contribution in [0.15, 0.2) is 54.6 Å². The third-order valence-corrected chi connectivity index (χ3v) is 5.21. The molecule has 138 valence electrons. The van der Waals surface area contributed by atoms with Crippen LogP contribution in [0.5, 0.6) is 0 Å². The fourth-order valence-electron chi connectivity index (χ4n) is 3.76. The Bertz CT molecular complexity index is 954. The van der Waals surface area contributed by atoms with E-state index in [0.29, 0.717) is 19.6 Å². The van der Waals surface area contributed by atoms with Gasteiger partial charge in [-0.15, -0.1) is 0 Å². The van der Waals surface area contributed by atoms with Crippen LogP contribution in [0.4, 0.5) is 0 Å². The van der Waals surface area contributed by atoms with Crippen LogP contribution in [0.25, 0.3) is 21.5 Å². The zero-order chi connectivity index (χ0) is 18.8. The second-order valence-corrected chi connectivity index (χ2v) is 6.96. The smallest absolute Gasteiger partial charge is 0.326 e. The first-order chi connectivity index (χ1) is 13.1. The molecule has 3 aromatic carbocycles. The van der Waals surface area contributed by atoms with Crippen molar-refractivity contribution in [1.82, 2.24) is 5.32 Å². The van der Waals surface area contributed by atoms with Crippen LogP contribution in [0.3, 0.4) is 0 Å². The van der Waals surface area contributed by atoms with Crippen LogP contribution in [0.2, 0.25) is 0 Å². The van der Waals surface area contributed by atoms with E-state index in [1.54, 1.807) is 0 Å². The maximum Gasteiger partial charge on any atom is 0.326 e. The van der Waals surface area contributed by atoms with Crippen LogP contribution in [-0.2, 0) is 20.7 Å². The van der Waals surface area contributed by atoms with Gasteiger partial charge in [-0.05, 0) is 39.6 Å². The molecule has 1 amide bonds. The number of carbonyl (C=O) groups is 2. The lowest BCUT2D eigenvalue weighted by Crippen LogP contribution is -2.45. The third kappa shape index (κ3) is 3.51. The van der Waals surface area contributed by atoms with Crippen molar-refractivity contribution in [3.63, 3.8) is 0 Å². The van der Waals surface area contributed by atoms with Crippen molar-refractivity contribution < 1.29 is 19.4 Å². The predicted octanol–water partition coefficient (Wildman–Crippen LogP) is 3.14. The van der Waals surface area contributed by atoms with Gasteiger partial charge in [0.2, 0.25) is 5.91 Å². The summed E-state index contributed by atoms with van der Waals surface area (Å²) >= 11 is 0. The van der Waals surface area contributed by atoms with Crippen molar-refractivity contribution in [2.75, 3.05) is 13.2 Å². The van der Waals surface area contributed by atoms with Crippen molar-refractivity contribution in [2.24, 2.45) is 5.92 Å². The Morgan fingerprint density at radius 2 is 1.70 bits per heavy atom. The summed E-state index contributed by atoms with van der Waals surface area (Å²) in [7, 11) is 0. The van der Waals surface area contributed by atoms with Crippen LogP contribution >= 0.6 is 0 Å². The Morgan fingerprint density at radius 3 is 2.26 bits per heavy atom. The number of aliphatic carboxylic acids is 1. The van der Waals surface area contributed by atoms with E-state index in [1.807, 2.05) is 48.5 Å². The highest BCUT2D eigenvalue weighted by atomic mass is 16.5. The van der Waals surface area contributed by atoms with Gasteiger partial charge in [0.05, 0.1) is 12.5 Å². The third-order valence-electron chi connectivity index (χ3n) is 5.21. The minimum Gasteiger partial charge on any atom is -0.480 e. The lowest BCUT2D eigenvalue weighted by atomic mass is 9.92. The topological polar surface area (TPSA) is 75.6 Å². The molecule has 5 heteroatoms. The fraction of sp³-hybridized carbons (Fsp3) is 0.273. The Hall–Kier alpha value is -2.92. The monoisotopic (exact) mass is 363 g/mol. The minimum atomic E-state index is -1.03. The largest absolute Gasteiger partial charge is 0.480 e. The van der Waals surface area contributed by atoms with Crippen molar-refractivity contribution in [3.8, 4) is 0 Å². The molecule has 0 unspecified atom stereocenters. The summed E-state index contributed by atoms with van der Waals surface area (Å²) in [6.45, 7) is 0.902. The molecule has 2 N–H and O–H groups in total. The van der Waals surface area contributed by atoms with E-state index in [-0.39, 0.29) is 18.2 Å². The van der Waals surface area contributed by atoms with Crippen molar-refractivity contribution >= 4 is 33.4 Å². The maximum absolute atomic E-state index is 12.4. The lowest BCUT2D eigenvalue weighted by molar-refractivity contribution is -0.142. The molecule has 0 saturated carbocycles. The Kier molecular flexibility index (Phi) is 4.77. The number of carbonyl (C=O) groups excluding carboxylic acids is 1. The minimum absolute atomic E-state index is 0.233. The number of hydrogen-bond donors (Lipinski definition) is 2. The van der Waals surface area contributed by atoms with Gasteiger partial charge < -0.3 is 15.2 Å². The molecule has 0 radical (unpaired) electrons. The Morgan fingerprint density at radius 1 is 1.07 bits per heavy atom. The predicted molar refractivity (Wildman–Crippen MR) is 104 cm³/mol. The molecule has 1 saturated heterocycles. The summed E-state index contributed by atoms with van der Waals surface area (Å²) in [5.41, 5.74) is 0.944. The first-order valence-electron chi connectivity index (χ1n) is 9.14. The standard InChI is InChI=1S/C22H21NO4/c24-21(16-9-10-27-13-16)23-20(22(25)26)12-19-17-7-3-1-5-14(17)11-15-6-2-4-8-18(15)19/h1-8,11,16,20H,9-10,12-13H2,(H,23,24)(H,25,26)/t16-,20-/m1/s1. The quantitative estimate of drug-likeness (QED) is 0.683. The molecule has 1 aliphatic rings. The molecule has 3 aromatic rings. The molecular formula is C22H21NO4. The van der Waals surface area contributed by atoms with Crippen LogP contribution < -0.4 is 5.32 Å².